The molecule has 2 nitrogen and oxygen atoms in total. The zero-order valence-corrected chi connectivity index (χ0v) is 11.1. The van der Waals surface area contributed by atoms with Crippen LogP contribution in [0.1, 0.15) is 29.8 Å². The molecule has 0 radical (unpaired) electrons. The summed E-state index contributed by atoms with van der Waals surface area (Å²) in [5, 5.41) is 9.53. The predicted octanol–water partition coefficient (Wildman–Crippen LogP) is 4.13. The average molecular weight is 281 g/mol. The zero-order valence-electron chi connectivity index (χ0n) is 11.1. The van der Waals surface area contributed by atoms with Gasteiger partial charge in [0, 0.05) is 16.8 Å². The van der Waals surface area contributed by atoms with Crippen molar-refractivity contribution in [3.63, 3.8) is 0 Å². The summed E-state index contributed by atoms with van der Waals surface area (Å²) in [6.07, 6.45) is -5.03. The zero-order chi connectivity index (χ0) is 14.9. The van der Waals surface area contributed by atoms with Crippen LogP contribution >= 0.6 is 0 Å². The summed E-state index contributed by atoms with van der Waals surface area (Å²) < 4.78 is 38.0. The molecular formula is C15H14F3NO. The summed E-state index contributed by atoms with van der Waals surface area (Å²) in [5.74, 6) is 0. The minimum Gasteiger partial charge on any atom is -0.389 e. The van der Waals surface area contributed by atoms with Crippen molar-refractivity contribution in [2.24, 2.45) is 0 Å². The molecule has 0 bridgehead atoms. The second kappa shape index (κ2) is 5.25. The Morgan fingerprint density at radius 3 is 2.40 bits per heavy atom. The molecule has 0 saturated carbocycles. The Morgan fingerprint density at radius 1 is 1.15 bits per heavy atom. The van der Waals surface area contributed by atoms with Crippen LogP contribution in [0.5, 0.6) is 0 Å². The van der Waals surface area contributed by atoms with Crippen LogP contribution in [-0.4, -0.2) is 10.1 Å². The SMILES string of the molecule is Cc1nc(-c2cccc(C(F)(F)F)c2)ccc1C(C)O. The molecule has 5 heteroatoms. The quantitative estimate of drug-likeness (QED) is 0.897. The topological polar surface area (TPSA) is 33.1 Å². The molecule has 1 unspecified atom stereocenters. The molecule has 106 valence electrons. The monoisotopic (exact) mass is 281 g/mol. The lowest BCUT2D eigenvalue weighted by Crippen LogP contribution is -2.05. The highest BCUT2D eigenvalue weighted by Crippen LogP contribution is 2.32. The molecule has 0 aliphatic carbocycles. The first-order valence-electron chi connectivity index (χ1n) is 6.12. The lowest BCUT2D eigenvalue weighted by atomic mass is 10.0. The molecule has 20 heavy (non-hydrogen) atoms. The van der Waals surface area contributed by atoms with Crippen molar-refractivity contribution in [1.82, 2.24) is 4.98 Å². The highest BCUT2D eigenvalue weighted by molar-refractivity contribution is 5.61. The van der Waals surface area contributed by atoms with E-state index in [1.54, 1.807) is 32.0 Å². The largest absolute Gasteiger partial charge is 0.416 e. The van der Waals surface area contributed by atoms with Gasteiger partial charge in [-0.25, -0.2) is 0 Å². The van der Waals surface area contributed by atoms with Gasteiger partial charge in [0.15, 0.2) is 0 Å². The smallest absolute Gasteiger partial charge is 0.389 e. The van der Waals surface area contributed by atoms with Crippen LogP contribution in [0.3, 0.4) is 0 Å². The predicted molar refractivity (Wildman–Crippen MR) is 70.0 cm³/mol. The Balaban J connectivity index is 2.45. The minimum absolute atomic E-state index is 0.403. The minimum atomic E-state index is -4.37. The fourth-order valence-corrected chi connectivity index (χ4v) is 2.03. The van der Waals surface area contributed by atoms with Crippen molar-refractivity contribution in [3.8, 4) is 11.3 Å². The Morgan fingerprint density at radius 2 is 1.85 bits per heavy atom. The number of benzene rings is 1. The van der Waals surface area contributed by atoms with Crippen molar-refractivity contribution >= 4 is 0 Å². The molecule has 0 saturated heterocycles. The Labute approximate surface area is 114 Å². The van der Waals surface area contributed by atoms with Crippen molar-refractivity contribution in [3.05, 3.63) is 53.2 Å². The molecule has 2 rings (SSSR count). The maximum absolute atomic E-state index is 12.7. The van der Waals surface area contributed by atoms with E-state index in [0.717, 1.165) is 12.1 Å². The molecule has 1 atom stereocenters. The number of halogens is 3. The molecule has 0 fully saturated rings. The maximum atomic E-state index is 12.7. The van der Waals surface area contributed by atoms with Gasteiger partial charge in [0.1, 0.15) is 0 Å². The summed E-state index contributed by atoms with van der Waals surface area (Å²) >= 11 is 0. The van der Waals surface area contributed by atoms with E-state index in [0.29, 0.717) is 22.5 Å². The number of nitrogens with zero attached hydrogens (tertiary/aromatic N) is 1. The van der Waals surface area contributed by atoms with Crippen molar-refractivity contribution < 1.29 is 18.3 Å². The third kappa shape index (κ3) is 2.99. The molecule has 0 amide bonds. The number of alkyl halides is 3. The third-order valence-corrected chi connectivity index (χ3v) is 3.06. The second-order valence-corrected chi connectivity index (χ2v) is 4.63. The molecule has 0 aliphatic rings. The van der Waals surface area contributed by atoms with Crippen molar-refractivity contribution in [1.29, 1.82) is 0 Å². The van der Waals surface area contributed by atoms with E-state index >= 15 is 0 Å². The van der Waals surface area contributed by atoms with Gasteiger partial charge in [0.25, 0.3) is 0 Å². The van der Waals surface area contributed by atoms with Crippen LogP contribution in [0.4, 0.5) is 13.2 Å². The Kier molecular flexibility index (Phi) is 3.81. The summed E-state index contributed by atoms with van der Waals surface area (Å²) in [4.78, 5) is 4.26. The number of hydrogen-bond acceptors (Lipinski definition) is 2. The van der Waals surface area contributed by atoms with Gasteiger partial charge >= 0.3 is 6.18 Å². The lowest BCUT2D eigenvalue weighted by molar-refractivity contribution is -0.137. The van der Waals surface area contributed by atoms with E-state index in [-0.39, 0.29) is 0 Å². The van der Waals surface area contributed by atoms with E-state index in [9.17, 15) is 18.3 Å². The number of pyridine rings is 1. The highest BCUT2D eigenvalue weighted by Gasteiger charge is 2.30. The number of aliphatic hydroxyl groups is 1. The standard InChI is InChI=1S/C15H14F3NO/c1-9-13(10(2)20)6-7-14(19-9)11-4-3-5-12(8-11)15(16,17)18/h3-8,10,20H,1-2H3. The number of hydrogen-bond donors (Lipinski definition) is 1. The van der Waals surface area contributed by atoms with Gasteiger partial charge in [-0.05, 0) is 32.0 Å². The van der Waals surface area contributed by atoms with E-state index in [1.165, 1.54) is 6.07 Å². The van der Waals surface area contributed by atoms with Crippen LogP contribution in [-0.2, 0) is 6.18 Å². The summed E-state index contributed by atoms with van der Waals surface area (Å²) in [5.41, 5.74) is 1.43. The van der Waals surface area contributed by atoms with Crippen LogP contribution in [0.2, 0.25) is 0 Å². The molecular weight excluding hydrogens is 267 g/mol. The van der Waals surface area contributed by atoms with Gasteiger partial charge in [0.2, 0.25) is 0 Å². The van der Waals surface area contributed by atoms with Crippen LogP contribution in [0, 0.1) is 6.92 Å². The Bertz CT molecular complexity index is 621. The molecule has 1 aromatic heterocycles. The highest BCUT2D eigenvalue weighted by atomic mass is 19.4. The summed E-state index contributed by atoms with van der Waals surface area (Å²) in [6, 6.07) is 8.34. The second-order valence-electron chi connectivity index (χ2n) is 4.63. The molecule has 0 spiro atoms. The lowest BCUT2D eigenvalue weighted by Gasteiger charge is -2.11. The van der Waals surface area contributed by atoms with E-state index < -0.39 is 17.8 Å². The number of aromatic nitrogens is 1. The van der Waals surface area contributed by atoms with Gasteiger partial charge in [0.05, 0.1) is 17.4 Å². The van der Waals surface area contributed by atoms with Crippen molar-refractivity contribution in [2.45, 2.75) is 26.1 Å². The number of rotatable bonds is 2. The molecule has 1 aromatic carbocycles. The van der Waals surface area contributed by atoms with Crippen molar-refractivity contribution in [2.75, 3.05) is 0 Å². The fraction of sp³-hybridized carbons (Fsp3) is 0.267. The van der Waals surface area contributed by atoms with Crippen LogP contribution in [0.25, 0.3) is 11.3 Å². The summed E-state index contributed by atoms with van der Waals surface area (Å²) in [6.45, 7) is 3.34. The molecule has 1 heterocycles. The molecule has 1 N–H and O–H groups in total. The average Bonchev–Trinajstić information content (AvgIpc) is 2.37. The van der Waals surface area contributed by atoms with Gasteiger partial charge in [-0.3, -0.25) is 4.98 Å². The summed E-state index contributed by atoms with van der Waals surface area (Å²) in [7, 11) is 0. The maximum Gasteiger partial charge on any atom is 0.416 e. The third-order valence-electron chi connectivity index (χ3n) is 3.06. The molecule has 2 aromatic rings. The van der Waals surface area contributed by atoms with E-state index in [4.69, 9.17) is 0 Å². The van der Waals surface area contributed by atoms with E-state index in [1.807, 2.05) is 0 Å². The first-order chi connectivity index (χ1) is 9.29. The normalized spacial score (nSPS) is 13.3. The van der Waals surface area contributed by atoms with Crippen LogP contribution < -0.4 is 0 Å². The van der Waals surface area contributed by atoms with Gasteiger partial charge in [-0.15, -0.1) is 0 Å². The van der Waals surface area contributed by atoms with Gasteiger partial charge in [-0.2, -0.15) is 13.2 Å². The number of aliphatic hydroxyl groups excluding tert-OH is 1. The number of aryl methyl sites for hydroxylation is 1. The van der Waals surface area contributed by atoms with E-state index in [2.05, 4.69) is 4.98 Å². The van der Waals surface area contributed by atoms with Gasteiger partial charge < -0.3 is 5.11 Å². The molecule has 0 aliphatic heterocycles. The Hall–Kier alpha value is -1.88. The van der Waals surface area contributed by atoms with Gasteiger partial charge in [-0.1, -0.05) is 18.2 Å². The first kappa shape index (κ1) is 14.5. The fourth-order valence-electron chi connectivity index (χ4n) is 2.03. The first-order valence-corrected chi connectivity index (χ1v) is 6.12. The van der Waals surface area contributed by atoms with Crippen LogP contribution in [0.15, 0.2) is 36.4 Å².